The van der Waals surface area contributed by atoms with Gasteiger partial charge >= 0.3 is 0 Å². The van der Waals surface area contributed by atoms with Crippen molar-refractivity contribution >= 4 is 0 Å². The minimum absolute atomic E-state index is 0.0612. The van der Waals surface area contributed by atoms with E-state index in [1.54, 1.807) is 19.5 Å². The molecule has 100 valence electrons. The molecule has 0 aliphatic heterocycles. The molecule has 0 radical (unpaired) electrons. The molecule has 0 fully saturated rings. The summed E-state index contributed by atoms with van der Waals surface area (Å²) in [4.78, 5) is 8.63. The quantitative estimate of drug-likeness (QED) is 0.894. The van der Waals surface area contributed by atoms with E-state index in [2.05, 4.69) is 34.3 Å². The number of rotatable bonds is 5. The first kappa shape index (κ1) is 13.5. The number of nitrogens with zero attached hydrogens (tertiary/aromatic N) is 2. The smallest absolute Gasteiger partial charge is 0.237 e. The van der Waals surface area contributed by atoms with Crippen molar-refractivity contribution in [1.82, 2.24) is 15.3 Å². The molecule has 0 bridgehead atoms. The highest BCUT2D eigenvalue weighted by molar-refractivity contribution is 5.28. The molecule has 4 nitrogen and oxygen atoms in total. The summed E-state index contributed by atoms with van der Waals surface area (Å²) >= 11 is 0. The van der Waals surface area contributed by atoms with Crippen LogP contribution in [0, 0.1) is 0 Å². The summed E-state index contributed by atoms with van der Waals surface area (Å²) in [5.74, 6) is 0.849. The lowest BCUT2D eigenvalue weighted by Crippen LogP contribution is -2.24. The van der Waals surface area contributed by atoms with E-state index < -0.39 is 0 Å². The zero-order valence-electron chi connectivity index (χ0n) is 11.5. The lowest BCUT2D eigenvalue weighted by atomic mass is 9.91. The van der Waals surface area contributed by atoms with Crippen LogP contribution in [0.25, 0.3) is 0 Å². The molecule has 0 amide bonds. The van der Waals surface area contributed by atoms with Gasteiger partial charge in [-0.2, -0.15) is 0 Å². The van der Waals surface area contributed by atoms with Crippen molar-refractivity contribution in [2.45, 2.75) is 18.9 Å². The molecule has 1 heterocycles. The third kappa shape index (κ3) is 2.90. The van der Waals surface area contributed by atoms with Gasteiger partial charge in [-0.05, 0) is 12.6 Å². The van der Waals surface area contributed by atoms with Crippen LogP contribution in [-0.2, 0) is 0 Å². The number of methoxy groups -OCH3 is 1. The Labute approximate surface area is 113 Å². The number of nitrogens with one attached hydrogen (secondary N) is 1. The molecular formula is C15H19N3O. The van der Waals surface area contributed by atoms with Crippen molar-refractivity contribution in [2.24, 2.45) is 0 Å². The van der Waals surface area contributed by atoms with Crippen LogP contribution in [0.5, 0.6) is 5.88 Å². The third-order valence-corrected chi connectivity index (χ3v) is 3.32. The second-order valence-electron chi connectivity index (χ2n) is 4.42. The third-order valence-electron chi connectivity index (χ3n) is 3.32. The largest absolute Gasteiger partial charge is 0.480 e. The van der Waals surface area contributed by atoms with E-state index in [4.69, 9.17) is 4.74 Å². The van der Waals surface area contributed by atoms with Crippen molar-refractivity contribution in [3.8, 4) is 5.88 Å². The van der Waals surface area contributed by atoms with Crippen molar-refractivity contribution in [2.75, 3.05) is 14.2 Å². The molecule has 19 heavy (non-hydrogen) atoms. The van der Waals surface area contributed by atoms with Gasteiger partial charge < -0.3 is 10.1 Å². The van der Waals surface area contributed by atoms with Gasteiger partial charge in [-0.25, -0.2) is 4.98 Å². The van der Waals surface area contributed by atoms with Gasteiger partial charge in [0.2, 0.25) is 5.88 Å². The Hall–Kier alpha value is -1.94. The van der Waals surface area contributed by atoms with Crippen LogP contribution in [0.15, 0.2) is 42.7 Å². The molecule has 1 aromatic carbocycles. The monoisotopic (exact) mass is 257 g/mol. The topological polar surface area (TPSA) is 47.0 Å². The van der Waals surface area contributed by atoms with Crippen LogP contribution < -0.4 is 10.1 Å². The fourth-order valence-corrected chi connectivity index (χ4v) is 2.28. The second kappa shape index (κ2) is 6.29. The minimum Gasteiger partial charge on any atom is -0.480 e. The molecule has 2 unspecified atom stereocenters. The van der Waals surface area contributed by atoms with Gasteiger partial charge in [0.25, 0.3) is 0 Å². The average molecular weight is 257 g/mol. The normalized spacial score (nSPS) is 13.8. The molecule has 0 spiro atoms. The van der Waals surface area contributed by atoms with E-state index in [-0.39, 0.29) is 12.0 Å². The molecule has 0 saturated heterocycles. The van der Waals surface area contributed by atoms with Gasteiger partial charge in [0.05, 0.1) is 13.2 Å². The highest BCUT2D eigenvalue weighted by atomic mass is 16.5. The Morgan fingerprint density at radius 2 is 1.79 bits per heavy atom. The maximum absolute atomic E-state index is 5.30. The van der Waals surface area contributed by atoms with E-state index in [0.717, 1.165) is 5.69 Å². The maximum Gasteiger partial charge on any atom is 0.237 e. The average Bonchev–Trinajstić information content (AvgIpc) is 2.49. The first-order chi connectivity index (χ1) is 9.27. The van der Waals surface area contributed by atoms with Gasteiger partial charge in [0.15, 0.2) is 0 Å². The molecule has 0 aliphatic rings. The van der Waals surface area contributed by atoms with Crippen molar-refractivity contribution in [3.63, 3.8) is 0 Å². The van der Waals surface area contributed by atoms with Crippen LogP contribution in [0.1, 0.15) is 30.1 Å². The molecule has 0 aliphatic carbocycles. The number of benzene rings is 1. The Morgan fingerprint density at radius 1 is 1.11 bits per heavy atom. The van der Waals surface area contributed by atoms with Gasteiger partial charge in [0.1, 0.15) is 5.69 Å². The van der Waals surface area contributed by atoms with Crippen molar-refractivity contribution in [3.05, 3.63) is 54.0 Å². The minimum atomic E-state index is 0.0612. The highest BCUT2D eigenvalue weighted by Gasteiger charge is 2.24. The summed E-state index contributed by atoms with van der Waals surface area (Å²) in [5, 5.41) is 3.31. The first-order valence-corrected chi connectivity index (χ1v) is 6.35. The van der Waals surface area contributed by atoms with E-state index in [9.17, 15) is 0 Å². The lowest BCUT2D eigenvalue weighted by molar-refractivity contribution is 0.372. The Kier molecular flexibility index (Phi) is 4.47. The fourth-order valence-electron chi connectivity index (χ4n) is 2.28. The summed E-state index contributed by atoms with van der Waals surface area (Å²) < 4.78 is 5.30. The predicted octanol–water partition coefficient (Wildman–Crippen LogP) is 2.55. The van der Waals surface area contributed by atoms with Gasteiger partial charge in [-0.3, -0.25) is 4.98 Å². The van der Waals surface area contributed by atoms with E-state index >= 15 is 0 Å². The van der Waals surface area contributed by atoms with Crippen LogP contribution in [0.3, 0.4) is 0 Å². The molecule has 2 atom stereocenters. The van der Waals surface area contributed by atoms with E-state index in [0.29, 0.717) is 5.88 Å². The molecule has 0 saturated carbocycles. The van der Waals surface area contributed by atoms with Gasteiger partial charge in [-0.15, -0.1) is 0 Å². The van der Waals surface area contributed by atoms with Crippen LogP contribution in [-0.4, -0.2) is 24.1 Å². The number of aromatic nitrogens is 2. The van der Waals surface area contributed by atoms with Crippen LogP contribution in [0.4, 0.5) is 0 Å². The molecule has 1 N–H and O–H groups in total. The second-order valence-corrected chi connectivity index (χ2v) is 4.42. The fraction of sp³-hybridized carbons (Fsp3) is 0.333. The zero-order chi connectivity index (χ0) is 13.7. The van der Waals surface area contributed by atoms with Gasteiger partial charge in [0, 0.05) is 18.3 Å². The van der Waals surface area contributed by atoms with E-state index in [1.807, 2.05) is 25.2 Å². The molecule has 4 heteroatoms. The summed E-state index contributed by atoms with van der Waals surface area (Å²) in [6, 6.07) is 10.4. The summed E-state index contributed by atoms with van der Waals surface area (Å²) in [7, 11) is 3.55. The van der Waals surface area contributed by atoms with Crippen molar-refractivity contribution in [1.29, 1.82) is 0 Å². The lowest BCUT2D eigenvalue weighted by Gasteiger charge is -2.24. The summed E-state index contributed by atoms with van der Waals surface area (Å²) in [5.41, 5.74) is 2.10. The number of hydrogen-bond donors (Lipinski definition) is 1. The zero-order valence-corrected chi connectivity index (χ0v) is 11.5. The van der Waals surface area contributed by atoms with Crippen LogP contribution in [0.2, 0.25) is 0 Å². The Bertz CT molecular complexity index is 516. The highest BCUT2D eigenvalue weighted by Crippen LogP contribution is 2.32. The number of hydrogen-bond acceptors (Lipinski definition) is 4. The maximum atomic E-state index is 5.30. The van der Waals surface area contributed by atoms with Gasteiger partial charge in [-0.1, -0.05) is 37.3 Å². The first-order valence-electron chi connectivity index (χ1n) is 6.35. The van der Waals surface area contributed by atoms with Crippen LogP contribution >= 0.6 is 0 Å². The SMILES string of the molecule is CNC(c1nccnc1OC)C(C)c1ccccc1. The molecular weight excluding hydrogens is 238 g/mol. The molecule has 1 aromatic heterocycles. The molecule has 2 aromatic rings. The Balaban J connectivity index is 2.34. The predicted molar refractivity (Wildman–Crippen MR) is 75.2 cm³/mol. The Morgan fingerprint density at radius 3 is 2.42 bits per heavy atom. The number of likely N-dealkylation sites (N-methyl/N-ethyl adjacent to an activating group) is 1. The number of ether oxygens (including phenoxy) is 1. The van der Waals surface area contributed by atoms with E-state index in [1.165, 1.54) is 5.56 Å². The standard InChI is InChI=1S/C15H19N3O/c1-11(12-7-5-4-6-8-12)13(16-2)14-15(19-3)18-10-9-17-14/h4-11,13,16H,1-3H3. The molecule has 2 rings (SSSR count). The van der Waals surface area contributed by atoms with Crippen molar-refractivity contribution < 1.29 is 4.74 Å². The summed E-state index contributed by atoms with van der Waals surface area (Å²) in [6.45, 7) is 2.17. The summed E-state index contributed by atoms with van der Waals surface area (Å²) in [6.07, 6.45) is 3.34.